The van der Waals surface area contributed by atoms with Crippen LogP contribution in [-0.2, 0) is 14.9 Å². The van der Waals surface area contributed by atoms with Crippen LogP contribution < -0.4 is 0 Å². The van der Waals surface area contributed by atoms with Crippen molar-refractivity contribution in [3.63, 3.8) is 0 Å². The maximum Gasteiger partial charge on any atom is 0.265 e. The molecule has 0 heterocycles. The van der Waals surface area contributed by atoms with Crippen LogP contribution in [-0.4, -0.2) is 29.3 Å². The molecule has 92 valence electrons. The fraction of sp³-hybridized carbons (Fsp3) is 0.900. The van der Waals surface area contributed by atoms with Crippen molar-refractivity contribution >= 4 is 31.8 Å². The molecule has 0 amide bonds. The fourth-order valence-electron chi connectivity index (χ4n) is 3.46. The molecule has 0 radical (unpaired) electrons. The molecule has 16 heavy (non-hydrogen) atoms. The van der Waals surface area contributed by atoms with Crippen molar-refractivity contribution in [3.8, 4) is 0 Å². The molecule has 2 bridgehead atoms. The molecule has 0 aliphatic heterocycles. The molecule has 0 aromatic carbocycles. The molecule has 4 atom stereocenters. The van der Waals surface area contributed by atoms with E-state index in [1.807, 2.05) is 6.92 Å². The highest BCUT2D eigenvalue weighted by atomic mass is 79.9. The SMILES string of the molecule is CC12CCC([C@@H](Br)C1=O)C2(C)CS(=O)(=O)O. The molecule has 0 saturated heterocycles. The van der Waals surface area contributed by atoms with Gasteiger partial charge in [-0.3, -0.25) is 9.35 Å². The summed E-state index contributed by atoms with van der Waals surface area (Å²) in [7, 11) is -4.05. The highest BCUT2D eigenvalue weighted by Crippen LogP contribution is 2.65. The zero-order valence-electron chi connectivity index (χ0n) is 9.23. The zero-order valence-corrected chi connectivity index (χ0v) is 11.6. The van der Waals surface area contributed by atoms with E-state index in [1.54, 1.807) is 6.92 Å². The van der Waals surface area contributed by atoms with Crippen LogP contribution in [0.3, 0.4) is 0 Å². The van der Waals surface area contributed by atoms with Gasteiger partial charge in [-0.2, -0.15) is 8.42 Å². The minimum absolute atomic E-state index is 0.00641. The van der Waals surface area contributed by atoms with Crippen molar-refractivity contribution in [2.45, 2.75) is 31.5 Å². The summed E-state index contributed by atoms with van der Waals surface area (Å²) in [6.07, 6.45) is 1.55. The molecule has 1 N–H and O–H groups in total. The van der Waals surface area contributed by atoms with Gasteiger partial charge in [0.2, 0.25) is 0 Å². The predicted octanol–water partition coefficient (Wildman–Crippen LogP) is 1.64. The van der Waals surface area contributed by atoms with Crippen LogP contribution in [0.4, 0.5) is 0 Å². The molecule has 2 fully saturated rings. The Morgan fingerprint density at radius 2 is 2.06 bits per heavy atom. The normalized spacial score (nSPS) is 47.6. The minimum Gasteiger partial charge on any atom is -0.298 e. The van der Waals surface area contributed by atoms with E-state index in [2.05, 4.69) is 15.9 Å². The smallest absolute Gasteiger partial charge is 0.265 e. The fourth-order valence-corrected chi connectivity index (χ4v) is 6.11. The molecule has 0 spiro atoms. The van der Waals surface area contributed by atoms with Gasteiger partial charge >= 0.3 is 0 Å². The van der Waals surface area contributed by atoms with Crippen molar-refractivity contribution in [1.82, 2.24) is 0 Å². The third-order valence-corrected chi connectivity index (χ3v) is 6.68. The van der Waals surface area contributed by atoms with Crippen LogP contribution in [0.2, 0.25) is 0 Å². The molecule has 0 aromatic heterocycles. The topological polar surface area (TPSA) is 71.4 Å². The maximum absolute atomic E-state index is 12.1. The Labute approximate surface area is 104 Å². The van der Waals surface area contributed by atoms with Crippen molar-refractivity contribution in [2.24, 2.45) is 16.7 Å². The first-order chi connectivity index (χ1) is 7.12. The molecule has 6 heteroatoms. The summed E-state index contributed by atoms with van der Waals surface area (Å²) in [6, 6.07) is 0. The number of ketones is 1. The Bertz CT molecular complexity index is 446. The summed E-state index contributed by atoms with van der Waals surface area (Å²) in [5, 5.41) is 0. The monoisotopic (exact) mass is 310 g/mol. The number of hydrogen-bond donors (Lipinski definition) is 1. The largest absolute Gasteiger partial charge is 0.298 e. The van der Waals surface area contributed by atoms with Crippen LogP contribution in [0.25, 0.3) is 0 Å². The summed E-state index contributed by atoms with van der Waals surface area (Å²) >= 11 is 3.35. The number of halogens is 1. The molecule has 2 aliphatic rings. The van der Waals surface area contributed by atoms with Gasteiger partial charge < -0.3 is 0 Å². The van der Waals surface area contributed by atoms with Gasteiger partial charge in [-0.15, -0.1) is 0 Å². The van der Waals surface area contributed by atoms with E-state index in [9.17, 15) is 13.2 Å². The van der Waals surface area contributed by atoms with E-state index < -0.39 is 20.9 Å². The quantitative estimate of drug-likeness (QED) is 0.622. The van der Waals surface area contributed by atoms with Gasteiger partial charge in [-0.05, 0) is 18.8 Å². The first kappa shape index (κ1) is 12.5. The second-order valence-electron chi connectivity index (χ2n) is 5.39. The lowest BCUT2D eigenvalue weighted by Gasteiger charge is -2.35. The number of carbonyl (C=O) groups is 1. The first-order valence-corrected chi connectivity index (χ1v) is 7.78. The van der Waals surface area contributed by atoms with Crippen LogP contribution in [0, 0.1) is 16.7 Å². The molecule has 0 aromatic rings. The van der Waals surface area contributed by atoms with Gasteiger partial charge in [-0.25, -0.2) is 0 Å². The Morgan fingerprint density at radius 1 is 1.50 bits per heavy atom. The van der Waals surface area contributed by atoms with Gasteiger partial charge in [0, 0.05) is 10.8 Å². The molecule has 3 unspecified atom stereocenters. The number of Topliss-reactive ketones (excluding diaryl/α,β-unsaturated/α-hetero) is 1. The van der Waals surface area contributed by atoms with Gasteiger partial charge in [0.05, 0.1) is 10.6 Å². The Kier molecular flexibility index (Phi) is 2.58. The first-order valence-electron chi connectivity index (χ1n) is 5.25. The molecular weight excluding hydrogens is 296 g/mol. The third-order valence-electron chi connectivity index (χ3n) is 4.66. The van der Waals surface area contributed by atoms with Crippen LogP contribution >= 0.6 is 15.9 Å². The number of rotatable bonds is 2. The van der Waals surface area contributed by atoms with Crippen LogP contribution in [0.1, 0.15) is 26.7 Å². The number of fused-ring (bicyclic) bond motifs is 2. The lowest BCUT2D eigenvalue weighted by Crippen LogP contribution is -2.40. The van der Waals surface area contributed by atoms with Crippen molar-refractivity contribution in [3.05, 3.63) is 0 Å². The summed E-state index contributed by atoms with van der Waals surface area (Å²) in [6.45, 7) is 3.62. The lowest BCUT2D eigenvalue weighted by atomic mass is 9.70. The third kappa shape index (κ3) is 1.42. The highest BCUT2D eigenvalue weighted by molar-refractivity contribution is 9.10. The molecule has 4 nitrogen and oxygen atoms in total. The standard InChI is InChI=1S/C10H15BrO4S/c1-9-4-3-6(7(11)8(9)12)10(9,2)5-16(13,14)15/h6-7H,3-5H2,1-2H3,(H,13,14,15)/t6?,7-,9?,10?/m1/s1. The molecule has 2 rings (SSSR count). The number of carbonyl (C=O) groups excluding carboxylic acids is 1. The number of alkyl halides is 1. The van der Waals surface area contributed by atoms with Gasteiger partial charge in [0.1, 0.15) is 0 Å². The van der Waals surface area contributed by atoms with E-state index in [-0.39, 0.29) is 22.3 Å². The summed E-state index contributed by atoms with van der Waals surface area (Å²) in [5.41, 5.74) is -1.27. The minimum atomic E-state index is -4.05. The summed E-state index contributed by atoms with van der Waals surface area (Å²) in [4.78, 5) is 11.8. The second-order valence-corrected chi connectivity index (χ2v) is 7.83. The van der Waals surface area contributed by atoms with E-state index in [1.165, 1.54) is 0 Å². The zero-order chi connectivity index (χ0) is 12.4. The maximum atomic E-state index is 12.1. The van der Waals surface area contributed by atoms with E-state index in [0.29, 0.717) is 6.42 Å². The Hall–Kier alpha value is 0.0600. The summed E-state index contributed by atoms with van der Waals surface area (Å²) in [5.74, 6) is -0.239. The van der Waals surface area contributed by atoms with Crippen molar-refractivity contribution in [1.29, 1.82) is 0 Å². The van der Waals surface area contributed by atoms with Crippen LogP contribution in [0.5, 0.6) is 0 Å². The Balaban J connectivity index is 2.47. The van der Waals surface area contributed by atoms with Crippen molar-refractivity contribution < 1.29 is 17.8 Å². The van der Waals surface area contributed by atoms with E-state index >= 15 is 0 Å². The summed E-state index contributed by atoms with van der Waals surface area (Å²) < 4.78 is 31.2. The van der Waals surface area contributed by atoms with Crippen LogP contribution in [0.15, 0.2) is 0 Å². The Morgan fingerprint density at radius 3 is 2.44 bits per heavy atom. The average Bonchev–Trinajstić information content (AvgIpc) is 2.40. The van der Waals surface area contributed by atoms with E-state index in [4.69, 9.17) is 4.55 Å². The molecular formula is C10H15BrO4S. The lowest BCUT2D eigenvalue weighted by molar-refractivity contribution is -0.127. The molecule has 2 aliphatic carbocycles. The van der Waals surface area contributed by atoms with Gasteiger partial charge in [-0.1, -0.05) is 29.8 Å². The highest BCUT2D eigenvalue weighted by Gasteiger charge is 2.68. The van der Waals surface area contributed by atoms with Gasteiger partial charge in [0.25, 0.3) is 10.1 Å². The predicted molar refractivity (Wildman–Crippen MR) is 63.1 cm³/mol. The molecule has 2 saturated carbocycles. The number of hydrogen-bond acceptors (Lipinski definition) is 3. The van der Waals surface area contributed by atoms with Crippen molar-refractivity contribution in [2.75, 3.05) is 5.75 Å². The van der Waals surface area contributed by atoms with E-state index in [0.717, 1.165) is 6.42 Å². The second kappa shape index (κ2) is 3.29. The average molecular weight is 311 g/mol. The van der Waals surface area contributed by atoms with Gasteiger partial charge in [0.15, 0.2) is 5.78 Å².